The first-order valence-electron chi connectivity index (χ1n) is 8.21. The van der Waals surface area contributed by atoms with E-state index in [-0.39, 0.29) is 16.4 Å². The van der Waals surface area contributed by atoms with Gasteiger partial charge in [0.15, 0.2) is 0 Å². The Kier molecular flexibility index (Phi) is 5.91. The molecule has 2 heterocycles. The molecule has 0 spiro atoms. The molecule has 0 radical (unpaired) electrons. The Bertz CT molecular complexity index is 1160. The van der Waals surface area contributed by atoms with Crippen LogP contribution in [0.2, 0.25) is 10.2 Å². The third-order valence-electron chi connectivity index (χ3n) is 4.03. The van der Waals surface area contributed by atoms with Crippen LogP contribution in [0.5, 0.6) is 0 Å². The van der Waals surface area contributed by atoms with Crippen molar-refractivity contribution < 1.29 is 4.79 Å². The Balaban J connectivity index is 1.81. The van der Waals surface area contributed by atoms with Crippen molar-refractivity contribution in [1.82, 2.24) is 24.6 Å². The summed E-state index contributed by atoms with van der Waals surface area (Å²) >= 11 is 12.1. The SMILES string of the molecule is Cn1c(=O)cnn(-c2cnc(Cl)c(C(=O)NCCc3ccccc3Cl)c2)c1=O. The molecule has 0 saturated heterocycles. The van der Waals surface area contributed by atoms with Gasteiger partial charge in [-0.3, -0.25) is 14.2 Å². The zero-order chi connectivity index (χ0) is 20.3. The summed E-state index contributed by atoms with van der Waals surface area (Å²) in [7, 11) is 1.33. The normalized spacial score (nSPS) is 10.7. The summed E-state index contributed by atoms with van der Waals surface area (Å²) in [4.78, 5) is 40.1. The van der Waals surface area contributed by atoms with Crippen molar-refractivity contribution >= 4 is 29.1 Å². The van der Waals surface area contributed by atoms with Crippen molar-refractivity contribution in [2.24, 2.45) is 7.05 Å². The van der Waals surface area contributed by atoms with Crippen LogP contribution in [0.3, 0.4) is 0 Å². The van der Waals surface area contributed by atoms with E-state index in [1.165, 1.54) is 19.3 Å². The van der Waals surface area contributed by atoms with Crippen molar-refractivity contribution in [2.75, 3.05) is 6.54 Å². The van der Waals surface area contributed by atoms with Crippen molar-refractivity contribution in [3.05, 3.63) is 84.9 Å². The first-order valence-corrected chi connectivity index (χ1v) is 8.97. The molecule has 2 aromatic heterocycles. The second kappa shape index (κ2) is 8.37. The highest BCUT2D eigenvalue weighted by Gasteiger charge is 2.15. The van der Waals surface area contributed by atoms with Gasteiger partial charge in [-0.15, -0.1) is 0 Å². The van der Waals surface area contributed by atoms with E-state index in [9.17, 15) is 14.4 Å². The second-order valence-electron chi connectivity index (χ2n) is 5.87. The van der Waals surface area contributed by atoms with E-state index in [2.05, 4.69) is 15.4 Å². The Hall–Kier alpha value is -2.97. The van der Waals surface area contributed by atoms with Crippen LogP contribution >= 0.6 is 23.2 Å². The molecule has 3 aromatic rings. The molecule has 144 valence electrons. The highest BCUT2D eigenvalue weighted by Crippen LogP contribution is 2.17. The summed E-state index contributed by atoms with van der Waals surface area (Å²) in [5.41, 5.74) is -0.00654. The minimum Gasteiger partial charge on any atom is -0.352 e. The quantitative estimate of drug-likeness (QED) is 0.633. The molecule has 0 aliphatic rings. The second-order valence-corrected chi connectivity index (χ2v) is 6.63. The summed E-state index contributed by atoms with van der Waals surface area (Å²) in [5.74, 6) is -0.454. The predicted molar refractivity (Wildman–Crippen MR) is 105 cm³/mol. The van der Waals surface area contributed by atoms with Crippen LogP contribution in [0.4, 0.5) is 0 Å². The van der Waals surface area contributed by atoms with Gasteiger partial charge in [0.2, 0.25) is 0 Å². The summed E-state index contributed by atoms with van der Waals surface area (Å²) in [6, 6.07) is 8.74. The maximum Gasteiger partial charge on any atom is 0.351 e. The first-order chi connectivity index (χ1) is 13.4. The number of carbonyl (C=O) groups is 1. The first kappa shape index (κ1) is 19.8. The number of pyridine rings is 1. The van der Waals surface area contributed by atoms with Gasteiger partial charge in [0, 0.05) is 18.6 Å². The fourth-order valence-corrected chi connectivity index (χ4v) is 2.90. The van der Waals surface area contributed by atoms with Gasteiger partial charge in [0.05, 0.1) is 17.4 Å². The highest BCUT2D eigenvalue weighted by molar-refractivity contribution is 6.32. The lowest BCUT2D eigenvalue weighted by Crippen LogP contribution is -2.38. The van der Waals surface area contributed by atoms with Gasteiger partial charge in [-0.25, -0.2) is 9.78 Å². The van der Waals surface area contributed by atoms with Crippen LogP contribution in [0.1, 0.15) is 15.9 Å². The van der Waals surface area contributed by atoms with E-state index in [1.807, 2.05) is 18.2 Å². The van der Waals surface area contributed by atoms with Crippen LogP contribution < -0.4 is 16.6 Å². The molecule has 0 aliphatic heterocycles. The molecule has 1 amide bonds. The van der Waals surface area contributed by atoms with Crippen molar-refractivity contribution in [3.63, 3.8) is 0 Å². The van der Waals surface area contributed by atoms with Crippen LogP contribution in [-0.2, 0) is 13.5 Å². The topological polar surface area (TPSA) is 98.9 Å². The number of halogens is 2. The van der Waals surface area contributed by atoms with Gasteiger partial charge < -0.3 is 5.32 Å². The number of rotatable bonds is 5. The smallest absolute Gasteiger partial charge is 0.351 e. The number of hydrogen-bond acceptors (Lipinski definition) is 5. The fourth-order valence-electron chi connectivity index (χ4n) is 2.48. The minimum absolute atomic E-state index is 0.0168. The molecule has 0 aliphatic carbocycles. The van der Waals surface area contributed by atoms with Crippen LogP contribution in [0.15, 0.2) is 52.3 Å². The summed E-state index contributed by atoms with van der Waals surface area (Å²) in [6.07, 6.45) is 2.83. The van der Waals surface area contributed by atoms with Crippen LogP contribution in [-0.4, -0.2) is 31.8 Å². The molecule has 0 unspecified atom stereocenters. The van der Waals surface area contributed by atoms with E-state index in [1.54, 1.807) is 6.07 Å². The van der Waals surface area contributed by atoms with Gasteiger partial charge in [0.1, 0.15) is 11.3 Å². The molecular formula is C18H15Cl2N5O3. The van der Waals surface area contributed by atoms with Gasteiger partial charge in [-0.05, 0) is 24.1 Å². The molecular weight excluding hydrogens is 405 g/mol. The van der Waals surface area contributed by atoms with E-state index in [4.69, 9.17) is 23.2 Å². The maximum absolute atomic E-state index is 12.5. The molecule has 0 atom stereocenters. The van der Waals surface area contributed by atoms with E-state index < -0.39 is 17.2 Å². The summed E-state index contributed by atoms with van der Waals surface area (Å²) in [5, 5.41) is 7.14. The standard InChI is InChI=1S/C18H15Cl2N5O3/c1-24-15(26)10-23-25(18(24)28)12-8-13(16(20)22-9-12)17(27)21-7-6-11-4-2-3-5-14(11)19/h2-5,8-10H,6-7H2,1H3,(H,21,27). The third-order valence-corrected chi connectivity index (χ3v) is 4.70. The van der Waals surface area contributed by atoms with Gasteiger partial charge >= 0.3 is 5.69 Å². The Morgan fingerprint density at radius 3 is 2.68 bits per heavy atom. The summed E-state index contributed by atoms with van der Waals surface area (Å²) in [6.45, 7) is 0.334. The van der Waals surface area contributed by atoms with Crippen molar-refractivity contribution in [2.45, 2.75) is 6.42 Å². The zero-order valence-electron chi connectivity index (χ0n) is 14.7. The number of aromatic nitrogens is 4. The average Bonchev–Trinajstić information content (AvgIpc) is 2.68. The number of nitrogens with zero attached hydrogens (tertiary/aromatic N) is 4. The van der Waals surface area contributed by atoms with E-state index in [0.29, 0.717) is 18.0 Å². The van der Waals surface area contributed by atoms with Crippen LogP contribution in [0, 0.1) is 0 Å². The lowest BCUT2D eigenvalue weighted by Gasteiger charge is -2.10. The maximum atomic E-state index is 12.5. The Labute approximate surface area is 169 Å². The van der Waals surface area contributed by atoms with Crippen molar-refractivity contribution in [1.29, 1.82) is 0 Å². The lowest BCUT2D eigenvalue weighted by molar-refractivity contribution is 0.0954. The molecule has 8 nitrogen and oxygen atoms in total. The number of benzene rings is 1. The molecule has 0 bridgehead atoms. The Morgan fingerprint density at radius 1 is 1.18 bits per heavy atom. The third kappa shape index (κ3) is 4.13. The van der Waals surface area contributed by atoms with Gasteiger partial charge in [-0.1, -0.05) is 41.4 Å². The predicted octanol–water partition coefficient (Wildman–Crippen LogP) is 1.61. The van der Waals surface area contributed by atoms with Crippen molar-refractivity contribution in [3.8, 4) is 5.69 Å². The molecule has 1 N–H and O–H groups in total. The van der Waals surface area contributed by atoms with Crippen LogP contribution in [0.25, 0.3) is 5.69 Å². The summed E-state index contributed by atoms with van der Waals surface area (Å²) < 4.78 is 1.86. The highest BCUT2D eigenvalue weighted by atomic mass is 35.5. The fraction of sp³-hybridized carbons (Fsp3) is 0.167. The monoisotopic (exact) mass is 419 g/mol. The molecule has 3 rings (SSSR count). The molecule has 0 fully saturated rings. The van der Waals surface area contributed by atoms with Gasteiger partial charge in [-0.2, -0.15) is 9.78 Å². The number of carbonyl (C=O) groups excluding carboxylic acids is 1. The number of amides is 1. The molecule has 10 heteroatoms. The van der Waals surface area contributed by atoms with E-state index in [0.717, 1.165) is 21.0 Å². The van der Waals surface area contributed by atoms with E-state index >= 15 is 0 Å². The molecule has 0 saturated carbocycles. The number of hydrogen-bond donors (Lipinski definition) is 1. The minimum atomic E-state index is -0.665. The largest absolute Gasteiger partial charge is 0.352 e. The van der Waals surface area contributed by atoms with Gasteiger partial charge in [0.25, 0.3) is 11.5 Å². The average molecular weight is 420 g/mol. The zero-order valence-corrected chi connectivity index (χ0v) is 16.2. The molecule has 28 heavy (non-hydrogen) atoms. The lowest BCUT2D eigenvalue weighted by atomic mass is 10.1. The molecule has 1 aromatic carbocycles. The Morgan fingerprint density at radius 2 is 1.93 bits per heavy atom. The number of nitrogens with one attached hydrogen (secondary N) is 1.